The zero-order valence-corrected chi connectivity index (χ0v) is 37.6. The first-order valence-corrected chi connectivity index (χ1v) is 20.6. The molecule has 2 aliphatic rings. The number of esters is 1. The number of carboxylic acid groups (broad SMARTS) is 1. The predicted molar refractivity (Wildman–Crippen MR) is 236 cm³/mol. The number of rotatable bonds is 10. The van der Waals surface area contributed by atoms with Crippen LogP contribution in [0.5, 0.6) is 0 Å². The minimum Gasteiger partial charge on any atom is -0.548 e. The summed E-state index contributed by atoms with van der Waals surface area (Å²) in [6.45, 7) is -0.921. The fourth-order valence-electron chi connectivity index (χ4n) is 7.62. The van der Waals surface area contributed by atoms with Gasteiger partial charge >= 0.3 is 35.5 Å². The second-order valence-corrected chi connectivity index (χ2v) is 15.9. The summed E-state index contributed by atoms with van der Waals surface area (Å²) in [5, 5.41) is 39.1. The number of pyridine rings is 2. The van der Waals surface area contributed by atoms with Gasteiger partial charge < -0.3 is 35.5 Å². The molecule has 4 aromatic heterocycles. The van der Waals surface area contributed by atoms with Crippen molar-refractivity contribution in [2.24, 2.45) is 0 Å². The molecule has 0 aliphatic heterocycles. The van der Waals surface area contributed by atoms with E-state index in [-0.39, 0.29) is 79.0 Å². The van der Waals surface area contributed by atoms with Crippen molar-refractivity contribution in [3.63, 3.8) is 0 Å². The number of aromatic nitrogens is 6. The number of carbonyl (C=O) groups excluding carboxylic acids is 2. The van der Waals surface area contributed by atoms with Crippen LogP contribution in [0, 0.1) is 0 Å². The van der Waals surface area contributed by atoms with Crippen molar-refractivity contribution in [3.8, 4) is 22.3 Å². The van der Waals surface area contributed by atoms with E-state index in [0.717, 1.165) is 43.1 Å². The quantitative estimate of drug-likeness (QED) is 0.114. The summed E-state index contributed by atoms with van der Waals surface area (Å²) < 4.78 is 7.14. The number of carboxylic acids is 1. The topological polar surface area (TPSA) is 227 Å². The Morgan fingerprint density at radius 3 is 1.48 bits per heavy atom. The molecule has 16 nitrogen and oxygen atoms in total. The zero-order valence-electron chi connectivity index (χ0n) is 34.1. The first kappa shape index (κ1) is 49.1. The normalized spacial score (nSPS) is 18.2. The van der Waals surface area contributed by atoms with E-state index < -0.39 is 29.6 Å². The average molecular weight is 910 g/mol. The molecular formula is C44H47Cl2N8NaO8. The van der Waals surface area contributed by atoms with Gasteiger partial charge in [-0.2, -0.15) is 9.97 Å². The van der Waals surface area contributed by atoms with E-state index in [1.54, 1.807) is 73.1 Å². The largest absolute Gasteiger partial charge is 1.00 e. The van der Waals surface area contributed by atoms with E-state index in [1.807, 2.05) is 0 Å². The van der Waals surface area contributed by atoms with Crippen LogP contribution < -0.4 is 56.4 Å². The number of anilines is 2. The van der Waals surface area contributed by atoms with E-state index in [0.29, 0.717) is 67.9 Å². The smallest absolute Gasteiger partial charge is 0.548 e. The number of hydrogen-bond donors (Lipinski definition) is 4. The Morgan fingerprint density at radius 1 is 0.698 bits per heavy atom. The van der Waals surface area contributed by atoms with Crippen LogP contribution in [-0.4, -0.2) is 82.6 Å². The number of nitrogens with one attached hydrogen (secondary N) is 2. The standard InChI is InChI=1S/C22H23ClN4O4.C21H21ClN4O4.CH4.Na/c1-31-19(29)12-27-20-13(10-17(21(27)30)16-4-2-3-5-18(16)23)11-24-22(26-20)25-14-6-8-15(28)9-7-14;22-17-4-2-1-3-15(17)16-9-12-10-23-21(24-13-5-7-14(27)8-6-13)25-19(12)26(20(16)30)11-18(28)29;;/h2-5,10-11,14-15,28H,6-9,12H2,1H3,(H,24,25,26);1-4,9-10,13-14,27H,5-8,11H2,(H,28,29)(H,23,24,25);1H4;/q;;;+1/p-1. The molecule has 4 N–H and O–H groups in total. The summed E-state index contributed by atoms with van der Waals surface area (Å²) in [5.74, 6) is -1.28. The van der Waals surface area contributed by atoms with Crippen LogP contribution in [-0.2, 0) is 27.4 Å². The van der Waals surface area contributed by atoms with Gasteiger partial charge in [0.15, 0.2) is 0 Å². The molecule has 63 heavy (non-hydrogen) atoms. The van der Waals surface area contributed by atoms with Crippen molar-refractivity contribution in [2.45, 2.75) is 96.2 Å². The fourth-order valence-corrected chi connectivity index (χ4v) is 8.10. The minimum absolute atomic E-state index is 0. The number of aliphatic hydroxyl groups excluding tert-OH is 2. The third-order valence-electron chi connectivity index (χ3n) is 10.8. The van der Waals surface area contributed by atoms with Crippen LogP contribution in [0.25, 0.3) is 44.3 Å². The van der Waals surface area contributed by atoms with Crippen LogP contribution in [0.15, 0.2) is 82.6 Å². The van der Waals surface area contributed by atoms with Crippen molar-refractivity contribution in [1.82, 2.24) is 29.1 Å². The van der Waals surface area contributed by atoms with E-state index in [2.05, 4.69) is 30.6 Å². The van der Waals surface area contributed by atoms with E-state index in [1.165, 1.54) is 11.7 Å². The van der Waals surface area contributed by atoms with E-state index in [4.69, 9.17) is 27.9 Å². The van der Waals surface area contributed by atoms with Crippen LogP contribution in [0.4, 0.5) is 11.9 Å². The molecule has 0 unspecified atom stereocenters. The average Bonchev–Trinajstić information content (AvgIpc) is 3.25. The van der Waals surface area contributed by atoms with Crippen LogP contribution >= 0.6 is 23.2 Å². The molecule has 2 aliphatic carbocycles. The van der Waals surface area contributed by atoms with Crippen molar-refractivity contribution in [1.29, 1.82) is 0 Å². The number of benzene rings is 2. The van der Waals surface area contributed by atoms with Gasteiger partial charge in [-0.1, -0.05) is 67.0 Å². The van der Waals surface area contributed by atoms with E-state index >= 15 is 0 Å². The number of nitrogens with zero attached hydrogens (tertiary/aromatic N) is 6. The molecule has 2 saturated carbocycles. The molecule has 326 valence electrons. The molecular weight excluding hydrogens is 862 g/mol. The summed E-state index contributed by atoms with van der Waals surface area (Å²) in [5.41, 5.74) is 1.31. The van der Waals surface area contributed by atoms with Gasteiger partial charge in [-0.05, 0) is 75.6 Å². The van der Waals surface area contributed by atoms with Crippen molar-refractivity contribution in [2.75, 3.05) is 17.7 Å². The maximum absolute atomic E-state index is 13.3. The Kier molecular flexibility index (Phi) is 17.2. The summed E-state index contributed by atoms with van der Waals surface area (Å²) in [6.07, 6.45) is 8.64. The Bertz CT molecular complexity index is 2700. The number of halogens is 2. The molecule has 0 atom stereocenters. The third-order valence-corrected chi connectivity index (χ3v) is 11.5. The van der Waals surface area contributed by atoms with Crippen LogP contribution in [0.1, 0.15) is 58.8 Å². The Labute approximate surface area is 395 Å². The maximum Gasteiger partial charge on any atom is 1.00 e. The molecule has 0 saturated heterocycles. The van der Waals surface area contributed by atoms with Crippen LogP contribution in [0.3, 0.4) is 0 Å². The molecule has 2 fully saturated rings. The van der Waals surface area contributed by atoms with Gasteiger partial charge in [0.2, 0.25) is 11.9 Å². The molecule has 0 radical (unpaired) electrons. The number of ether oxygens (including phenoxy) is 1. The van der Waals surface area contributed by atoms with Crippen LogP contribution in [0.2, 0.25) is 10.0 Å². The maximum atomic E-state index is 13.3. The zero-order chi connectivity index (χ0) is 43.2. The number of fused-ring (bicyclic) bond motifs is 2. The van der Waals surface area contributed by atoms with Gasteiger partial charge in [0, 0.05) is 67.5 Å². The second kappa shape index (κ2) is 22.1. The first-order chi connectivity index (χ1) is 29.4. The molecule has 4 heterocycles. The SMILES string of the molecule is C.COC(=O)Cn1c(=O)c(-c2ccccc2Cl)cc2cnc(NC3CCC(O)CC3)nc21.O=C([O-])Cn1c(=O)c(-c2ccccc2Cl)cc2cnc(NC3CCC(O)CC3)nc21.[Na+]. The summed E-state index contributed by atoms with van der Waals surface area (Å²) in [6, 6.07) is 17.4. The number of hydrogen-bond acceptors (Lipinski definition) is 14. The first-order valence-electron chi connectivity index (χ1n) is 19.8. The van der Waals surface area contributed by atoms with Crippen molar-refractivity contribution in [3.05, 3.63) is 104 Å². The van der Waals surface area contributed by atoms with Gasteiger partial charge in [-0.15, -0.1) is 0 Å². The molecule has 19 heteroatoms. The summed E-state index contributed by atoms with van der Waals surface area (Å²) >= 11 is 12.6. The van der Waals surface area contributed by atoms with Crippen molar-refractivity contribution < 1.29 is 59.2 Å². The summed E-state index contributed by atoms with van der Waals surface area (Å²) in [7, 11) is 1.27. The fraction of sp³-hybridized carbons (Fsp3) is 0.364. The third kappa shape index (κ3) is 11.8. The Morgan fingerprint density at radius 2 is 1.10 bits per heavy atom. The second-order valence-electron chi connectivity index (χ2n) is 15.1. The monoisotopic (exact) mass is 908 g/mol. The molecule has 0 spiro atoms. The molecule has 2 aromatic carbocycles. The van der Waals surface area contributed by atoms with Crippen molar-refractivity contribution >= 4 is 69.1 Å². The van der Waals surface area contributed by atoms with Gasteiger partial charge in [0.05, 0.1) is 31.8 Å². The van der Waals surface area contributed by atoms with E-state index in [9.17, 15) is 34.5 Å². The van der Waals surface area contributed by atoms with Gasteiger partial charge in [-0.3, -0.25) is 23.5 Å². The Hall–Kier alpha value is -4.94. The number of aliphatic hydroxyl groups is 2. The number of methoxy groups -OCH3 is 1. The molecule has 8 rings (SSSR count). The number of carbonyl (C=O) groups is 2. The van der Waals surface area contributed by atoms with Gasteiger partial charge in [0.25, 0.3) is 11.1 Å². The molecule has 0 amide bonds. The summed E-state index contributed by atoms with van der Waals surface area (Å²) in [4.78, 5) is 67.5. The number of aliphatic carboxylic acids is 1. The van der Waals surface area contributed by atoms with Gasteiger partial charge in [-0.25, -0.2) is 9.97 Å². The van der Waals surface area contributed by atoms with Gasteiger partial charge in [0.1, 0.15) is 17.8 Å². The predicted octanol–water partition coefficient (Wildman–Crippen LogP) is 2.22. The Balaban J connectivity index is 0.000000230. The minimum atomic E-state index is -1.40. The molecule has 6 aromatic rings. The molecule has 0 bridgehead atoms.